The molecule has 0 aromatic heterocycles. The fourth-order valence-electron chi connectivity index (χ4n) is 2.53. The Labute approximate surface area is 116 Å². The normalized spacial score (nSPS) is 22.6. The standard InChI is InChI=1S/C14H18BrNO2/c1-2-7-16-14(13(17)18)6-5-10-8-12(15)4-3-11(10)9-14/h3-4,8,16H,2,5-7,9H2,1H3,(H,17,18). The molecule has 0 saturated carbocycles. The maximum Gasteiger partial charge on any atom is 0.324 e. The molecule has 2 rings (SSSR count). The summed E-state index contributed by atoms with van der Waals surface area (Å²) < 4.78 is 1.06. The average Bonchev–Trinajstić information content (AvgIpc) is 2.36. The quantitative estimate of drug-likeness (QED) is 0.899. The highest BCUT2D eigenvalue weighted by molar-refractivity contribution is 9.10. The van der Waals surface area contributed by atoms with E-state index in [0.717, 1.165) is 29.4 Å². The van der Waals surface area contributed by atoms with Gasteiger partial charge >= 0.3 is 5.97 Å². The van der Waals surface area contributed by atoms with Crippen LogP contribution in [0.3, 0.4) is 0 Å². The van der Waals surface area contributed by atoms with E-state index in [-0.39, 0.29) is 0 Å². The summed E-state index contributed by atoms with van der Waals surface area (Å²) >= 11 is 3.46. The number of hydrogen-bond donors (Lipinski definition) is 2. The van der Waals surface area contributed by atoms with Crippen LogP contribution in [-0.2, 0) is 17.6 Å². The molecule has 0 spiro atoms. The van der Waals surface area contributed by atoms with Gasteiger partial charge in [-0.05, 0) is 49.1 Å². The number of carbonyl (C=O) groups is 1. The Bertz CT molecular complexity index is 461. The molecule has 0 fully saturated rings. The third-order valence-electron chi connectivity index (χ3n) is 3.60. The Morgan fingerprint density at radius 3 is 2.94 bits per heavy atom. The van der Waals surface area contributed by atoms with Crippen molar-refractivity contribution >= 4 is 21.9 Å². The lowest BCUT2D eigenvalue weighted by Gasteiger charge is -2.35. The summed E-state index contributed by atoms with van der Waals surface area (Å²) in [7, 11) is 0. The van der Waals surface area contributed by atoms with Crippen molar-refractivity contribution in [2.75, 3.05) is 6.54 Å². The lowest BCUT2D eigenvalue weighted by Crippen LogP contribution is -2.55. The number of nitrogens with one attached hydrogen (secondary N) is 1. The van der Waals surface area contributed by atoms with Crippen molar-refractivity contribution in [1.82, 2.24) is 5.32 Å². The molecule has 1 aromatic rings. The molecular weight excluding hydrogens is 294 g/mol. The van der Waals surface area contributed by atoms with Crippen LogP contribution in [0.4, 0.5) is 0 Å². The zero-order valence-corrected chi connectivity index (χ0v) is 12.1. The first-order valence-corrected chi connectivity index (χ1v) is 7.12. The fraction of sp³-hybridized carbons (Fsp3) is 0.500. The van der Waals surface area contributed by atoms with Gasteiger partial charge in [0.05, 0.1) is 0 Å². The molecule has 2 N–H and O–H groups in total. The van der Waals surface area contributed by atoms with E-state index in [1.807, 2.05) is 12.1 Å². The minimum absolute atomic E-state index is 0.574. The maximum absolute atomic E-state index is 11.6. The number of benzene rings is 1. The molecule has 18 heavy (non-hydrogen) atoms. The summed E-state index contributed by atoms with van der Waals surface area (Å²) in [6.45, 7) is 2.80. The number of rotatable bonds is 4. The number of carboxylic acid groups (broad SMARTS) is 1. The van der Waals surface area contributed by atoms with E-state index < -0.39 is 11.5 Å². The highest BCUT2D eigenvalue weighted by atomic mass is 79.9. The molecule has 1 aromatic carbocycles. The molecule has 4 heteroatoms. The predicted molar refractivity (Wildman–Crippen MR) is 74.8 cm³/mol. The van der Waals surface area contributed by atoms with Crippen LogP contribution in [0.1, 0.15) is 30.9 Å². The van der Waals surface area contributed by atoms with Gasteiger partial charge in [-0.1, -0.05) is 28.9 Å². The molecule has 0 saturated heterocycles. The Kier molecular flexibility index (Phi) is 4.07. The highest BCUT2D eigenvalue weighted by Gasteiger charge is 2.40. The minimum atomic E-state index is -0.781. The zero-order valence-electron chi connectivity index (χ0n) is 10.5. The maximum atomic E-state index is 11.6. The molecule has 0 amide bonds. The van der Waals surface area contributed by atoms with E-state index in [9.17, 15) is 9.90 Å². The van der Waals surface area contributed by atoms with Crippen molar-refractivity contribution in [3.05, 3.63) is 33.8 Å². The van der Waals surface area contributed by atoms with Gasteiger partial charge in [-0.3, -0.25) is 4.79 Å². The average molecular weight is 312 g/mol. The van der Waals surface area contributed by atoms with E-state index in [0.29, 0.717) is 12.8 Å². The fourth-order valence-corrected chi connectivity index (χ4v) is 2.94. The first kappa shape index (κ1) is 13.6. The number of aliphatic carboxylic acids is 1. The first-order valence-electron chi connectivity index (χ1n) is 6.33. The van der Waals surface area contributed by atoms with Crippen LogP contribution >= 0.6 is 15.9 Å². The SMILES string of the molecule is CCCNC1(C(=O)O)CCc2cc(Br)ccc2C1. The second-order valence-corrected chi connectivity index (χ2v) is 5.82. The van der Waals surface area contributed by atoms with Crippen molar-refractivity contribution in [3.8, 4) is 0 Å². The largest absolute Gasteiger partial charge is 0.480 e. The monoisotopic (exact) mass is 311 g/mol. The third kappa shape index (κ3) is 2.59. The molecule has 1 aliphatic rings. The van der Waals surface area contributed by atoms with Gasteiger partial charge in [0.15, 0.2) is 0 Å². The van der Waals surface area contributed by atoms with E-state index in [2.05, 4.69) is 34.2 Å². The van der Waals surface area contributed by atoms with E-state index >= 15 is 0 Å². The lowest BCUT2D eigenvalue weighted by molar-refractivity contribution is -0.145. The van der Waals surface area contributed by atoms with Gasteiger partial charge in [-0.25, -0.2) is 0 Å². The molecule has 98 valence electrons. The molecule has 1 aliphatic carbocycles. The van der Waals surface area contributed by atoms with Crippen LogP contribution in [0.25, 0.3) is 0 Å². The van der Waals surface area contributed by atoms with Crippen molar-refractivity contribution in [2.45, 2.75) is 38.1 Å². The topological polar surface area (TPSA) is 49.3 Å². The smallest absolute Gasteiger partial charge is 0.324 e. The van der Waals surface area contributed by atoms with Gasteiger partial charge in [0, 0.05) is 10.9 Å². The summed E-state index contributed by atoms with van der Waals surface area (Å²) in [5, 5.41) is 12.8. The molecular formula is C14H18BrNO2. The molecule has 0 bridgehead atoms. The summed E-state index contributed by atoms with van der Waals surface area (Å²) in [5.74, 6) is -0.732. The van der Waals surface area contributed by atoms with Gasteiger partial charge in [0.2, 0.25) is 0 Å². The van der Waals surface area contributed by atoms with Crippen LogP contribution in [0.2, 0.25) is 0 Å². The Balaban J connectivity index is 2.26. The summed E-state index contributed by atoms with van der Waals surface area (Å²) in [4.78, 5) is 11.6. The van der Waals surface area contributed by atoms with Crippen molar-refractivity contribution in [3.63, 3.8) is 0 Å². The zero-order chi connectivity index (χ0) is 13.2. The first-order chi connectivity index (χ1) is 8.57. The van der Waals surface area contributed by atoms with E-state index in [1.165, 1.54) is 5.56 Å². The second kappa shape index (κ2) is 5.41. The van der Waals surface area contributed by atoms with Crippen LogP contribution in [0, 0.1) is 0 Å². The van der Waals surface area contributed by atoms with Gasteiger partial charge in [-0.15, -0.1) is 0 Å². The number of aryl methyl sites for hydroxylation is 1. The van der Waals surface area contributed by atoms with Gasteiger partial charge in [-0.2, -0.15) is 0 Å². The summed E-state index contributed by atoms with van der Waals surface area (Å²) in [6, 6.07) is 6.11. The molecule has 0 radical (unpaired) electrons. The highest BCUT2D eigenvalue weighted by Crippen LogP contribution is 2.31. The third-order valence-corrected chi connectivity index (χ3v) is 4.10. The van der Waals surface area contributed by atoms with Gasteiger partial charge in [0.1, 0.15) is 5.54 Å². The molecule has 1 atom stereocenters. The van der Waals surface area contributed by atoms with Crippen LogP contribution in [0.5, 0.6) is 0 Å². The number of halogens is 1. The number of carboxylic acids is 1. The molecule has 3 nitrogen and oxygen atoms in total. The molecule has 0 aliphatic heterocycles. The molecule has 1 unspecified atom stereocenters. The van der Waals surface area contributed by atoms with Crippen molar-refractivity contribution in [2.24, 2.45) is 0 Å². The lowest BCUT2D eigenvalue weighted by atomic mass is 9.78. The van der Waals surface area contributed by atoms with Crippen molar-refractivity contribution in [1.29, 1.82) is 0 Å². The van der Waals surface area contributed by atoms with Gasteiger partial charge in [0.25, 0.3) is 0 Å². The Hall–Kier alpha value is -0.870. The number of hydrogen-bond acceptors (Lipinski definition) is 2. The van der Waals surface area contributed by atoms with Gasteiger partial charge < -0.3 is 10.4 Å². The minimum Gasteiger partial charge on any atom is -0.480 e. The van der Waals surface area contributed by atoms with Crippen LogP contribution in [-0.4, -0.2) is 23.2 Å². The summed E-state index contributed by atoms with van der Waals surface area (Å²) in [5.41, 5.74) is 1.63. The molecule has 0 heterocycles. The number of fused-ring (bicyclic) bond motifs is 1. The van der Waals surface area contributed by atoms with Crippen LogP contribution in [0.15, 0.2) is 22.7 Å². The second-order valence-electron chi connectivity index (χ2n) is 4.90. The Morgan fingerprint density at radius 2 is 2.28 bits per heavy atom. The summed E-state index contributed by atoms with van der Waals surface area (Å²) in [6.07, 6.45) is 3.00. The van der Waals surface area contributed by atoms with E-state index in [1.54, 1.807) is 0 Å². The van der Waals surface area contributed by atoms with E-state index in [4.69, 9.17) is 0 Å². The Morgan fingerprint density at radius 1 is 1.50 bits per heavy atom. The van der Waals surface area contributed by atoms with Crippen LogP contribution < -0.4 is 5.32 Å². The van der Waals surface area contributed by atoms with Crippen molar-refractivity contribution < 1.29 is 9.90 Å². The predicted octanol–water partition coefficient (Wildman–Crippen LogP) is 2.76.